The van der Waals surface area contributed by atoms with Crippen molar-refractivity contribution in [2.45, 2.75) is 13.0 Å². The predicted octanol–water partition coefficient (Wildman–Crippen LogP) is 1.71. The highest BCUT2D eigenvalue weighted by Gasteiger charge is 2.04. The van der Waals surface area contributed by atoms with Gasteiger partial charge in [-0.3, -0.25) is 4.79 Å². The average molecular weight is 260 g/mol. The molecule has 0 spiro atoms. The van der Waals surface area contributed by atoms with Gasteiger partial charge in [-0.25, -0.2) is 4.98 Å². The molecule has 0 saturated carbocycles. The minimum Gasteiger partial charge on any atom is -0.486 e. The first-order chi connectivity index (χ1) is 9.19. The van der Waals surface area contributed by atoms with Gasteiger partial charge in [0.05, 0.1) is 13.5 Å². The van der Waals surface area contributed by atoms with Gasteiger partial charge in [0, 0.05) is 19.4 Å². The monoisotopic (exact) mass is 260 g/mol. The number of carbonyl (C=O) groups is 1. The Morgan fingerprint density at radius 2 is 2.05 bits per heavy atom. The van der Waals surface area contributed by atoms with Gasteiger partial charge in [-0.15, -0.1) is 0 Å². The first-order valence-corrected chi connectivity index (χ1v) is 5.94. The van der Waals surface area contributed by atoms with E-state index in [0.717, 1.165) is 17.1 Å². The fourth-order valence-corrected chi connectivity index (χ4v) is 1.63. The van der Waals surface area contributed by atoms with E-state index in [9.17, 15) is 4.79 Å². The second kappa shape index (κ2) is 6.04. The van der Waals surface area contributed by atoms with Gasteiger partial charge in [0.2, 0.25) is 0 Å². The van der Waals surface area contributed by atoms with Crippen molar-refractivity contribution in [3.05, 3.63) is 48.0 Å². The van der Waals surface area contributed by atoms with Crippen molar-refractivity contribution in [2.75, 3.05) is 7.11 Å². The molecule has 0 aliphatic heterocycles. The van der Waals surface area contributed by atoms with E-state index in [0.29, 0.717) is 6.61 Å². The number of hydrogen-bond donors (Lipinski definition) is 0. The molecule has 0 unspecified atom stereocenters. The maximum Gasteiger partial charge on any atom is 0.309 e. The van der Waals surface area contributed by atoms with Crippen LogP contribution in [0.15, 0.2) is 36.7 Å². The third-order valence-electron chi connectivity index (χ3n) is 2.79. The number of aryl methyl sites for hydroxylation is 1. The van der Waals surface area contributed by atoms with Crippen LogP contribution in [-0.4, -0.2) is 22.6 Å². The molecule has 2 aromatic rings. The SMILES string of the molecule is COC(=O)Cc1ccc(OCc2nccn2C)cc1. The zero-order valence-corrected chi connectivity index (χ0v) is 11.0. The van der Waals surface area contributed by atoms with E-state index in [1.165, 1.54) is 7.11 Å². The van der Waals surface area contributed by atoms with Crippen molar-refractivity contribution >= 4 is 5.97 Å². The summed E-state index contributed by atoms with van der Waals surface area (Å²) in [6.07, 6.45) is 3.88. The maximum atomic E-state index is 11.1. The topological polar surface area (TPSA) is 53.4 Å². The molecule has 0 bridgehead atoms. The molecule has 19 heavy (non-hydrogen) atoms. The quantitative estimate of drug-likeness (QED) is 0.768. The van der Waals surface area contributed by atoms with Crippen LogP contribution >= 0.6 is 0 Å². The van der Waals surface area contributed by atoms with E-state index in [-0.39, 0.29) is 12.4 Å². The molecule has 1 aromatic heterocycles. The summed E-state index contributed by atoms with van der Waals surface area (Å²) in [6, 6.07) is 7.37. The van der Waals surface area contributed by atoms with E-state index in [2.05, 4.69) is 9.72 Å². The van der Waals surface area contributed by atoms with Crippen LogP contribution in [0.5, 0.6) is 5.75 Å². The summed E-state index contributed by atoms with van der Waals surface area (Å²) < 4.78 is 12.1. The molecule has 0 saturated heterocycles. The lowest BCUT2D eigenvalue weighted by Gasteiger charge is -2.07. The summed E-state index contributed by atoms with van der Waals surface area (Å²) in [7, 11) is 3.30. The smallest absolute Gasteiger partial charge is 0.309 e. The number of aromatic nitrogens is 2. The van der Waals surface area contributed by atoms with Gasteiger partial charge in [-0.1, -0.05) is 12.1 Å². The number of benzene rings is 1. The van der Waals surface area contributed by atoms with Crippen molar-refractivity contribution in [1.82, 2.24) is 9.55 Å². The van der Waals surface area contributed by atoms with Crippen LogP contribution in [0.25, 0.3) is 0 Å². The molecule has 5 heteroatoms. The first-order valence-electron chi connectivity index (χ1n) is 5.94. The molecule has 2 rings (SSSR count). The number of esters is 1. The van der Waals surface area contributed by atoms with E-state index in [1.54, 1.807) is 6.20 Å². The Balaban J connectivity index is 1.92. The van der Waals surface area contributed by atoms with Crippen LogP contribution < -0.4 is 4.74 Å². The van der Waals surface area contributed by atoms with Gasteiger partial charge in [-0.05, 0) is 17.7 Å². The van der Waals surface area contributed by atoms with E-state index >= 15 is 0 Å². The Morgan fingerprint density at radius 3 is 2.63 bits per heavy atom. The third kappa shape index (κ3) is 3.58. The van der Waals surface area contributed by atoms with Gasteiger partial charge >= 0.3 is 5.97 Å². The third-order valence-corrected chi connectivity index (χ3v) is 2.79. The lowest BCUT2D eigenvalue weighted by atomic mass is 10.1. The Hall–Kier alpha value is -2.30. The predicted molar refractivity (Wildman–Crippen MR) is 69.7 cm³/mol. The second-order valence-electron chi connectivity index (χ2n) is 4.14. The summed E-state index contributed by atoms with van der Waals surface area (Å²) >= 11 is 0. The highest BCUT2D eigenvalue weighted by atomic mass is 16.5. The van der Waals surface area contributed by atoms with E-state index in [4.69, 9.17) is 4.74 Å². The van der Waals surface area contributed by atoms with Crippen LogP contribution in [0, 0.1) is 0 Å². The van der Waals surface area contributed by atoms with Gasteiger partial charge in [0.15, 0.2) is 0 Å². The average Bonchev–Trinajstić information content (AvgIpc) is 2.83. The highest BCUT2D eigenvalue weighted by Crippen LogP contribution is 2.14. The molecule has 1 heterocycles. The Morgan fingerprint density at radius 1 is 1.32 bits per heavy atom. The van der Waals surface area contributed by atoms with Gasteiger partial charge in [0.25, 0.3) is 0 Å². The Kier molecular flexibility index (Phi) is 4.18. The minimum atomic E-state index is -0.248. The van der Waals surface area contributed by atoms with Crippen molar-refractivity contribution in [1.29, 1.82) is 0 Å². The zero-order chi connectivity index (χ0) is 13.7. The fourth-order valence-electron chi connectivity index (χ4n) is 1.63. The lowest BCUT2D eigenvalue weighted by Crippen LogP contribution is -2.05. The number of carbonyl (C=O) groups excluding carboxylic acids is 1. The maximum absolute atomic E-state index is 11.1. The number of methoxy groups -OCH3 is 1. The summed E-state index contributed by atoms with van der Waals surface area (Å²) in [5.41, 5.74) is 0.899. The summed E-state index contributed by atoms with van der Waals surface area (Å²) in [6.45, 7) is 0.417. The lowest BCUT2D eigenvalue weighted by molar-refractivity contribution is -0.139. The van der Waals surface area contributed by atoms with E-state index in [1.807, 2.05) is 42.1 Å². The minimum absolute atomic E-state index is 0.248. The molecular weight excluding hydrogens is 244 g/mol. The first kappa shape index (κ1) is 13.1. The number of nitrogens with zero attached hydrogens (tertiary/aromatic N) is 2. The second-order valence-corrected chi connectivity index (χ2v) is 4.14. The molecule has 0 amide bonds. The van der Waals surface area contributed by atoms with Crippen LogP contribution in [0.2, 0.25) is 0 Å². The van der Waals surface area contributed by atoms with Crippen LogP contribution in [0.3, 0.4) is 0 Å². The molecule has 1 aromatic carbocycles. The van der Waals surface area contributed by atoms with Gasteiger partial charge in [0.1, 0.15) is 18.2 Å². The molecule has 0 N–H and O–H groups in total. The summed E-state index contributed by atoms with van der Waals surface area (Å²) in [4.78, 5) is 15.3. The molecule has 0 fully saturated rings. The number of hydrogen-bond acceptors (Lipinski definition) is 4. The molecule has 5 nitrogen and oxygen atoms in total. The molecule has 0 aliphatic carbocycles. The number of rotatable bonds is 5. The number of ether oxygens (including phenoxy) is 2. The normalized spacial score (nSPS) is 10.2. The Labute approximate surface area is 111 Å². The van der Waals surface area contributed by atoms with Gasteiger partial charge < -0.3 is 14.0 Å². The Bertz CT molecular complexity index is 546. The number of imidazole rings is 1. The fraction of sp³-hybridized carbons (Fsp3) is 0.286. The van der Waals surface area contributed by atoms with Crippen molar-refractivity contribution in [2.24, 2.45) is 7.05 Å². The standard InChI is InChI=1S/C14H16N2O3/c1-16-8-7-15-13(16)10-19-12-5-3-11(4-6-12)9-14(17)18-2/h3-8H,9-10H2,1-2H3. The van der Waals surface area contributed by atoms with Crippen LogP contribution in [0.4, 0.5) is 0 Å². The molecule has 0 atom stereocenters. The highest BCUT2D eigenvalue weighted by molar-refractivity contribution is 5.72. The molecule has 100 valence electrons. The summed E-state index contributed by atoms with van der Waals surface area (Å²) in [5.74, 6) is 1.36. The molecule has 0 radical (unpaired) electrons. The zero-order valence-electron chi connectivity index (χ0n) is 11.0. The van der Waals surface area contributed by atoms with Crippen LogP contribution in [0.1, 0.15) is 11.4 Å². The van der Waals surface area contributed by atoms with Crippen molar-refractivity contribution in [3.8, 4) is 5.75 Å². The molecular formula is C14H16N2O3. The van der Waals surface area contributed by atoms with E-state index < -0.39 is 0 Å². The van der Waals surface area contributed by atoms with Crippen molar-refractivity contribution in [3.63, 3.8) is 0 Å². The molecule has 0 aliphatic rings. The largest absolute Gasteiger partial charge is 0.486 e. The summed E-state index contributed by atoms with van der Waals surface area (Å²) in [5, 5.41) is 0. The van der Waals surface area contributed by atoms with Gasteiger partial charge in [-0.2, -0.15) is 0 Å². The van der Waals surface area contributed by atoms with Crippen LogP contribution in [-0.2, 0) is 29.6 Å². The van der Waals surface area contributed by atoms with Crippen molar-refractivity contribution < 1.29 is 14.3 Å².